The van der Waals surface area contributed by atoms with Crippen LogP contribution in [-0.4, -0.2) is 31.6 Å². The number of rotatable bonds is 4. The lowest BCUT2D eigenvalue weighted by molar-refractivity contribution is 0.0733. The summed E-state index contributed by atoms with van der Waals surface area (Å²) >= 11 is 0. The number of nitrogens with zero attached hydrogens (tertiary/aromatic N) is 1. The molecule has 2 aromatic carbocycles. The Bertz CT molecular complexity index is 765. The van der Waals surface area contributed by atoms with E-state index in [4.69, 9.17) is 9.47 Å². The van der Waals surface area contributed by atoms with Gasteiger partial charge in [0.05, 0.1) is 14.2 Å². The summed E-state index contributed by atoms with van der Waals surface area (Å²) in [6.07, 6.45) is 2.53. The number of hydrogen-bond acceptors (Lipinski definition) is 3. The molecule has 1 heterocycles. The van der Waals surface area contributed by atoms with Gasteiger partial charge in [0, 0.05) is 24.2 Å². The van der Waals surface area contributed by atoms with Gasteiger partial charge in [-0.15, -0.1) is 0 Å². The van der Waals surface area contributed by atoms with Crippen molar-refractivity contribution in [1.82, 2.24) is 4.90 Å². The van der Waals surface area contributed by atoms with Crippen LogP contribution >= 0.6 is 0 Å². The fourth-order valence-electron chi connectivity index (χ4n) is 3.10. The predicted octanol–water partition coefficient (Wildman–Crippen LogP) is 3.55. The minimum absolute atomic E-state index is 0.0473. The highest BCUT2D eigenvalue weighted by molar-refractivity contribution is 5.94. The molecule has 0 radical (unpaired) electrons. The normalized spacial score (nSPS) is 13.2. The Morgan fingerprint density at radius 1 is 1.12 bits per heavy atom. The van der Waals surface area contributed by atoms with Crippen LogP contribution in [0.15, 0.2) is 43.0 Å². The zero-order valence-corrected chi connectivity index (χ0v) is 14.0. The van der Waals surface area contributed by atoms with Crippen LogP contribution in [0, 0.1) is 0 Å². The number of ether oxygens (including phenoxy) is 2. The molecule has 3 rings (SSSR count). The first-order valence-corrected chi connectivity index (χ1v) is 7.92. The molecule has 0 spiro atoms. The van der Waals surface area contributed by atoms with E-state index >= 15 is 0 Å². The second kappa shape index (κ2) is 6.79. The molecule has 1 aliphatic heterocycles. The van der Waals surface area contributed by atoms with Gasteiger partial charge in [-0.1, -0.05) is 30.9 Å². The first kappa shape index (κ1) is 16.1. The van der Waals surface area contributed by atoms with Crippen molar-refractivity contribution in [2.45, 2.75) is 13.0 Å². The SMILES string of the molecule is C=Cc1ccc(C(=O)N2CCc3c(ccc(OC)c3OC)C2)cc1. The van der Waals surface area contributed by atoms with Gasteiger partial charge < -0.3 is 14.4 Å². The second-order valence-corrected chi connectivity index (χ2v) is 5.74. The van der Waals surface area contributed by atoms with Gasteiger partial charge in [0.2, 0.25) is 0 Å². The standard InChI is InChI=1S/C20H21NO3/c1-4-14-5-7-15(8-6-14)20(22)21-12-11-17-16(13-21)9-10-18(23-2)19(17)24-3/h4-10H,1,11-13H2,2-3H3. The van der Waals surface area contributed by atoms with Crippen LogP contribution < -0.4 is 9.47 Å². The van der Waals surface area contributed by atoms with E-state index in [2.05, 4.69) is 6.58 Å². The van der Waals surface area contributed by atoms with E-state index in [1.807, 2.05) is 41.3 Å². The third-order valence-electron chi connectivity index (χ3n) is 4.42. The Balaban J connectivity index is 1.84. The molecule has 1 amide bonds. The maximum atomic E-state index is 12.7. The fourth-order valence-corrected chi connectivity index (χ4v) is 3.10. The quantitative estimate of drug-likeness (QED) is 0.864. The van der Waals surface area contributed by atoms with Crippen molar-refractivity contribution in [1.29, 1.82) is 0 Å². The van der Waals surface area contributed by atoms with Crippen LogP contribution in [0.4, 0.5) is 0 Å². The van der Waals surface area contributed by atoms with Crippen LogP contribution in [0.2, 0.25) is 0 Å². The predicted molar refractivity (Wildman–Crippen MR) is 94.5 cm³/mol. The maximum absolute atomic E-state index is 12.7. The minimum atomic E-state index is 0.0473. The molecule has 0 bridgehead atoms. The van der Waals surface area contributed by atoms with Crippen molar-refractivity contribution in [3.8, 4) is 11.5 Å². The van der Waals surface area contributed by atoms with Crippen molar-refractivity contribution in [3.05, 3.63) is 65.2 Å². The largest absolute Gasteiger partial charge is 0.493 e. The summed E-state index contributed by atoms with van der Waals surface area (Å²) in [7, 11) is 3.28. The van der Waals surface area contributed by atoms with Gasteiger partial charge in [-0.3, -0.25) is 4.79 Å². The van der Waals surface area contributed by atoms with E-state index in [0.717, 1.165) is 34.6 Å². The van der Waals surface area contributed by atoms with E-state index in [9.17, 15) is 4.79 Å². The van der Waals surface area contributed by atoms with Gasteiger partial charge in [-0.05, 0) is 35.7 Å². The molecule has 0 N–H and O–H groups in total. The number of carbonyl (C=O) groups excluding carboxylic acids is 1. The third kappa shape index (κ3) is 2.87. The van der Waals surface area contributed by atoms with Crippen molar-refractivity contribution in [2.24, 2.45) is 0 Å². The van der Waals surface area contributed by atoms with Gasteiger partial charge in [-0.2, -0.15) is 0 Å². The molecule has 0 saturated carbocycles. The Hall–Kier alpha value is -2.75. The van der Waals surface area contributed by atoms with E-state index in [1.54, 1.807) is 20.3 Å². The highest BCUT2D eigenvalue weighted by Gasteiger charge is 2.25. The summed E-state index contributed by atoms with van der Waals surface area (Å²) < 4.78 is 10.9. The Kier molecular flexibility index (Phi) is 4.56. The van der Waals surface area contributed by atoms with E-state index in [1.165, 1.54) is 0 Å². The number of fused-ring (bicyclic) bond motifs is 1. The molecule has 0 saturated heterocycles. The summed E-state index contributed by atoms with van der Waals surface area (Å²) in [5.41, 5.74) is 3.94. The number of carbonyl (C=O) groups is 1. The lowest BCUT2D eigenvalue weighted by atomic mass is 9.97. The molecule has 0 aromatic heterocycles. The smallest absolute Gasteiger partial charge is 0.254 e. The molecule has 0 aliphatic carbocycles. The molecule has 4 nitrogen and oxygen atoms in total. The van der Waals surface area contributed by atoms with E-state index in [0.29, 0.717) is 18.7 Å². The van der Waals surface area contributed by atoms with Crippen LogP contribution in [0.3, 0.4) is 0 Å². The average Bonchev–Trinajstić information content (AvgIpc) is 2.65. The van der Waals surface area contributed by atoms with Crippen LogP contribution in [-0.2, 0) is 13.0 Å². The third-order valence-corrected chi connectivity index (χ3v) is 4.42. The zero-order valence-electron chi connectivity index (χ0n) is 14.0. The van der Waals surface area contributed by atoms with E-state index < -0.39 is 0 Å². The molecular formula is C20H21NO3. The molecule has 0 fully saturated rings. The molecule has 0 atom stereocenters. The maximum Gasteiger partial charge on any atom is 0.254 e. The molecular weight excluding hydrogens is 302 g/mol. The molecule has 1 aliphatic rings. The van der Waals surface area contributed by atoms with Crippen LogP contribution in [0.1, 0.15) is 27.0 Å². The Labute approximate surface area is 142 Å². The van der Waals surface area contributed by atoms with Crippen molar-refractivity contribution in [2.75, 3.05) is 20.8 Å². The summed E-state index contributed by atoms with van der Waals surface area (Å²) in [5.74, 6) is 1.56. The Morgan fingerprint density at radius 2 is 1.88 bits per heavy atom. The number of benzene rings is 2. The molecule has 4 heteroatoms. The number of methoxy groups -OCH3 is 2. The van der Waals surface area contributed by atoms with Crippen LogP contribution in [0.5, 0.6) is 11.5 Å². The second-order valence-electron chi connectivity index (χ2n) is 5.74. The van der Waals surface area contributed by atoms with Crippen molar-refractivity contribution in [3.63, 3.8) is 0 Å². The number of amides is 1. The van der Waals surface area contributed by atoms with Gasteiger partial charge in [0.15, 0.2) is 11.5 Å². The Morgan fingerprint density at radius 3 is 2.50 bits per heavy atom. The van der Waals surface area contributed by atoms with Crippen LogP contribution in [0.25, 0.3) is 6.08 Å². The molecule has 24 heavy (non-hydrogen) atoms. The van der Waals surface area contributed by atoms with Gasteiger partial charge in [0.25, 0.3) is 5.91 Å². The van der Waals surface area contributed by atoms with Gasteiger partial charge in [-0.25, -0.2) is 0 Å². The lowest BCUT2D eigenvalue weighted by Gasteiger charge is -2.30. The highest BCUT2D eigenvalue weighted by Crippen LogP contribution is 2.36. The first-order chi connectivity index (χ1) is 11.7. The first-order valence-electron chi connectivity index (χ1n) is 7.92. The summed E-state index contributed by atoms with van der Waals surface area (Å²) in [6.45, 7) is 4.98. The topological polar surface area (TPSA) is 38.8 Å². The minimum Gasteiger partial charge on any atom is -0.493 e. The summed E-state index contributed by atoms with van der Waals surface area (Å²) in [5, 5.41) is 0. The van der Waals surface area contributed by atoms with E-state index in [-0.39, 0.29) is 5.91 Å². The van der Waals surface area contributed by atoms with Gasteiger partial charge in [0.1, 0.15) is 0 Å². The summed E-state index contributed by atoms with van der Waals surface area (Å²) in [4.78, 5) is 14.6. The number of hydrogen-bond donors (Lipinski definition) is 0. The zero-order chi connectivity index (χ0) is 17.1. The molecule has 2 aromatic rings. The van der Waals surface area contributed by atoms with Crippen molar-refractivity contribution < 1.29 is 14.3 Å². The van der Waals surface area contributed by atoms with Gasteiger partial charge >= 0.3 is 0 Å². The lowest BCUT2D eigenvalue weighted by Crippen LogP contribution is -2.36. The van der Waals surface area contributed by atoms with Crippen molar-refractivity contribution >= 4 is 12.0 Å². The molecule has 124 valence electrons. The fraction of sp³-hybridized carbons (Fsp3) is 0.250. The summed E-state index contributed by atoms with van der Waals surface area (Å²) in [6, 6.07) is 11.4. The average molecular weight is 323 g/mol. The highest BCUT2D eigenvalue weighted by atomic mass is 16.5. The molecule has 0 unspecified atom stereocenters. The monoisotopic (exact) mass is 323 g/mol.